The monoisotopic (exact) mass is 304 g/mol. The molecule has 0 spiro atoms. The van der Waals surface area contributed by atoms with Crippen LogP contribution in [0.25, 0.3) is 0 Å². The average Bonchev–Trinajstić information content (AvgIpc) is 3.05. The minimum Gasteiger partial charge on any atom is -0.316 e. The predicted molar refractivity (Wildman–Crippen MR) is 83.4 cm³/mol. The Morgan fingerprint density at radius 3 is 2.71 bits per heavy atom. The fourth-order valence-electron chi connectivity index (χ4n) is 3.30. The highest BCUT2D eigenvalue weighted by atomic mass is 32.1. The van der Waals surface area contributed by atoms with Gasteiger partial charge < -0.3 is 10.6 Å². The van der Waals surface area contributed by atoms with Crippen molar-refractivity contribution in [3.05, 3.63) is 16.0 Å². The third-order valence-electron chi connectivity index (χ3n) is 4.58. The largest absolute Gasteiger partial charge is 0.316 e. The fraction of sp³-hybridized carbons (Fsp3) is 0.600. The Morgan fingerprint density at radius 1 is 1.43 bits per heavy atom. The predicted octanol–water partition coefficient (Wildman–Crippen LogP) is 1.33. The zero-order valence-electron chi connectivity index (χ0n) is 12.4. The number of carbonyl (C=O) groups is 1. The third-order valence-corrected chi connectivity index (χ3v) is 5.71. The van der Waals surface area contributed by atoms with Crippen LogP contribution in [0.4, 0.5) is 5.00 Å². The molecule has 2 N–H and O–H groups in total. The van der Waals surface area contributed by atoms with Crippen LogP contribution in [0.2, 0.25) is 0 Å². The summed E-state index contributed by atoms with van der Waals surface area (Å²) in [5.41, 5.74) is 1.58. The van der Waals surface area contributed by atoms with Gasteiger partial charge in [0.05, 0.1) is 12.1 Å². The molecule has 0 aliphatic carbocycles. The molecule has 0 bridgehead atoms. The number of nitrogens with zero attached hydrogens (tertiary/aromatic N) is 2. The molecule has 2 aliphatic rings. The van der Waals surface area contributed by atoms with Crippen molar-refractivity contribution in [2.45, 2.75) is 13.8 Å². The number of rotatable bonds is 3. The lowest BCUT2D eigenvalue weighted by atomic mass is 10.0. The highest BCUT2D eigenvalue weighted by molar-refractivity contribution is 7.16. The maximum Gasteiger partial charge on any atom is 0.239 e. The van der Waals surface area contributed by atoms with Crippen molar-refractivity contribution in [1.29, 1.82) is 5.26 Å². The molecule has 0 aromatic carbocycles. The Morgan fingerprint density at radius 2 is 2.10 bits per heavy atom. The van der Waals surface area contributed by atoms with E-state index in [0.717, 1.165) is 36.6 Å². The van der Waals surface area contributed by atoms with Crippen LogP contribution in [0.3, 0.4) is 0 Å². The van der Waals surface area contributed by atoms with Crippen LogP contribution in [-0.2, 0) is 4.79 Å². The molecule has 2 saturated heterocycles. The SMILES string of the molecule is Cc1sc(NC(=O)CN2C[C@H]3CNC[C@H]3C2)c(C#N)c1C. The summed E-state index contributed by atoms with van der Waals surface area (Å²) in [5, 5.41) is 16.2. The zero-order chi connectivity index (χ0) is 15.0. The van der Waals surface area contributed by atoms with E-state index in [4.69, 9.17) is 0 Å². The summed E-state index contributed by atoms with van der Waals surface area (Å²) in [4.78, 5) is 15.5. The number of nitriles is 1. The zero-order valence-corrected chi connectivity index (χ0v) is 13.2. The normalized spacial score (nSPS) is 24.8. The molecule has 3 heterocycles. The Kier molecular flexibility index (Phi) is 3.98. The van der Waals surface area contributed by atoms with Crippen molar-refractivity contribution in [1.82, 2.24) is 10.2 Å². The molecule has 6 heteroatoms. The van der Waals surface area contributed by atoms with Crippen LogP contribution in [0.1, 0.15) is 16.0 Å². The van der Waals surface area contributed by atoms with Gasteiger partial charge >= 0.3 is 0 Å². The minimum absolute atomic E-state index is 0.0133. The van der Waals surface area contributed by atoms with Gasteiger partial charge in [-0.3, -0.25) is 9.69 Å². The second-order valence-corrected chi connectivity index (χ2v) is 7.24. The van der Waals surface area contributed by atoms with Crippen molar-refractivity contribution in [2.75, 3.05) is 38.0 Å². The summed E-state index contributed by atoms with van der Waals surface area (Å²) in [7, 11) is 0. The number of hydrogen-bond donors (Lipinski definition) is 2. The van der Waals surface area contributed by atoms with E-state index >= 15 is 0 Å². The van der Waals surface area contributed by atoms with E-state index in [9.17, 15) is 10.1 Å². The van der Waals surface area contributed by atoms with Crippen LogP contribution in [-0.4, -0.2) is 43.5 Å². The molecule has 1 aromatic rings. The Labute approximate surface area is 128 Å². The van der Waals surface area contributed by atoms with E-state index in [0.29, 0.717) is 28.9 Å². The molecule has 0 unspecified atom stereocenters. The van der Waals surface area contributed by atoms with Gasteiger partial charge in [-0.05, 0) is 44.3 Å². The first kappa shape index (κ1) is 14.5. The van der Waals surface area contributed by atoms with Gasteiger partial charge in [-0.2, -0.15) is 5.26 Å². The summed E-state index contributed by atoms with van der Waals surface area (Å²) >= 11 is 1.49. The standard InChI is InChI=1S/C15H20N4OS/c1-9-10(2)21-15(13(9)3-16)18-14(20)8-19-6-11-4-17-5-12(11)7-19/h11-12,17H,4-8H2,1-2H3,(H,18,20)/t11-,12+. The Bertz CT molecular complexity index is 592. The van der Waals surface area contributed by atoms with E-state index in [1.54, 1.807) is 0 Å². The Hall–Kier alpha value is -1.42. The number of thiophene rings is 1. The van der Waals surface area contributed by atoms with E-state index in [2.05, 4.69) is 21.6 Å². The van der Waals surface area contributed by atoms with Crippen molar-refractivity contribution in [3.63, 3.8) is 0 Å². The molecule has 2 aliphatic heterocycles. The molecule has 2 fully saturated rings. The van der Waals surface area contributed by atoms with Gasteiger partial charge in [0, 0.05) is 18.0 Å². The topological polar surface area (TPSA) is 68.2 Å². The first-order chi connectivity index (χ1) is 10.1. The van der Waals surface area contributed by atoms with Crippen LogP contribution in [0, 0.1) is 37.0 Å². The number of carbonyl (C=O) groups excluding carboxylic acids is 1. The number of fused-ring (bicyclic) bond motifs is 1. The molecule has 0 saturated carbocycles. The number of hydrogen-bond acceptors (Lipinski definition) is 5. The molecule has 1 amide bonds. The molecule has 0 radical (unpaired) electrons. The molecule has 2 atom stereocenters. The van der Waals surface area contributed by atoms with Crippen LogP contribution < -0.4 is 10.6 Å². The van der Waals surface area contributed by atoms with E-state index in [1.807, 2.05) is 13.8 Å². The molecular formula is C15H20N4OS. The van der Waals surface area contributed by atoms with Gasteiger partial charge in [-0.25, -0.2) is 0 Å². The number of amides is 1. The molecule has 5 nitrogen and oxygen atoms in total. The average molecular weight is 304 g/mol. The van der Waals surface area contributed by atoms with Crippen LogP contribution in [0.5, 0.6) is 0 Å². The number of aryl methyl sites for hydroxylation is 1. The van der Waals surface area contributed by atoms with Gasteiger partial charge in [0.15, 0.2) is 0 Å². The summed E-state index contributed by atoms with van der Waals surface area (Å²) in [6.45, 7) is 8.47. The first-order valence-corrected chi connectivity index (χ1v) is 8.13. The molecule has 112 valence electrons. The van der Waals surface area contributed by atoms with Crippen LogP contribution >= 0.6 is 11.3 Å². The summed E-state index contributed by atoms with van der Waals surface area (Å²) in [5.74, 6) is 1.37. The lowest BCUT2D eigenvalue weighted by Crippen LogP contribution is -2.33. The van der Waals surface area contributed by atoms with E-state index in [1.165, 1.54) is 11.3 Å². The van der Waals surface area contributed by atoms with Crippen molar-refractivity contribution in [3.8, 4) is 6.07 Å². The second kappa shape index (κ2) is 5.76. The van der Waals surface area contributed by atoms with E-state index in [-0.39, 0.29) is 5.91 Å². The molecular weight excluding hydrogens is 284 g/mol. The Balaban J connectivity index is 1.60. The van der Waals surface area contributed by atoms with Gasteiger partial charge in [0.1, 0.15) is 11.1 Å². The third kappa shape index (κ3) is 2.82. The maximum atomic E-state index is 12.2. The van der Waals surface area contributed by atoms with Gasteiger partial charge in [-0.15, -0.1) is 11.3 Å². The number of anilines is 1. The highest BCUT2D eigenvalue weighted by Gasteiger charge is 2.36. The van der Waals surface area contributed by atoms with Crippen molar-refractivity contribution in [2.24, 2.45) is 11.8 Å². The quantitative estimate of drug-likeness (QED) is 0.884. The molecule has 1 aromatic heterocycles. The summed E-state index contributed by atoms with van der Waals surface area (Å²) in [6.07, 6.45) is 0. The van der Waals surface area contributed by atoms with Gasteiger partial charge in [0.25, 0.3) is 0 Å². The number of nitrogens with one attached hydrogen (secondary N) is 2. The number of likely N-dealkylation sites (tertiary alicyclic amines) is 1. The second-order valence-electron chi connectivity index (χ2n) is 6.02. The lowest BCUT2D eigenvalue weighted by Gasteiger charge is -2.16. The maximum absolute atomic E-state index is 12.2. The highest BCUT2D eigenvalue weighted by Crippen LogP contribution is 2.32. The smallest absolute Gasteiger partial charge is 0.239 e. The molecule has 3 rings (SSSR count). The van der Waals surface area contributed by atoms with E-state index < -0.39 is 0 Å². The molecule has 21 heavy (non-hydrogen) atoms. The van der Waals surface area contributed by atoms with Crippen LogP contribution in [0.15, 0.2) is 0 Å². The summed E-state index contributed by atoms with van der Waals surface area (Å²) in [6, 6.07) is 2.19. The van der Waals surface area contributed by atoms with Crippen molar-refractivity contribution >= 4 is 22.2 Å². The van der Waals surface area contributed by atoms with Crippen molar-refractivity contribution < 1.29 is 4.79 Å². The minimum atomic E-state index is -0.0133. The summed E-state index contributed by atoms with van der Waals surface area (Å²) < 4.78 is 0. The first-order valence-electron chi connectivity index (χ1n) is 7.31. The lowest BCUT2D eigenvalue weighted by molar-refractivity contribution is -0.117. The van der Waals surface area contributed by atoms with Gasteiger partial charge in [0.2, 0.25) is 5.91 Å². The fourth-order valence-corrected chi connectivity index (χ4v) is 4.33. The van der Waals surface area contributed by atoms with Gasteiger partial charge in [-0.1, -0.05) is 0 Å².